The number of aromatic hydroxyl groups is 1. The molecule has 0 aliphatic rings. The second-order valence-electron chi connectivity index (χ2n) is 6.61. The van der Waals surface area contributed by atoms with Crippen LogP contribution in [0.25, 0.3) is 16.7 Å². The monoisotopic (exact) mass is 401 g/mol. The molecule has 2 aromatic heterocycles. The number of hydrogen-bond acceptors (Lipinski definition) is 5. The van der Waals surface area contributed by atoms with E-state index in [0.29, 0.717) is 16.8 Å². The van der Waals surface area contributed by atoms with Crippen LogP contribution in [0.2, 0.25) is 0 Å². The van der Waals surface area contributed by atoms with Crippen LogP contribution in [0.4, 0.5) is 0 Å². The average molecular weight is 401 g/mol. The van der Waals surface area contributed by atoms with E-state index < -0.39 is 17.2 Å². The highest BCUT2D eigenvalue weighted by atomic mass is 16.5. The highest BCUT2D eigenvalue weighted by molar-refractivity contribution is 6.02. The number of aromatic nitrogens is 2. The summed E-state index contributed by atoms with van der Waals surface area (Å²) in [5.41, 5.74) is 0.645. The lowest BCUT2D eigenvalue weighted by Gasteiger charge is -2.14. The molecule has 0 atom stereocenters. The Kier molecular flexibility index (Phi) is 5.17. The minimum absolute atomic E-state index is 0.228. The van der Waals surface area contributed by atoms with E-state index in [-0.39, 0.29) is 17.8 Å². The number of carbonyl (C=O) groups excluding carboxylic acids is 1. The number of benzene rings is 2. The van der Waals surface area contributed by atoms with Gasteiger partial charge in [0.2, 0.25) is 0 Å². The minimum Gasteiger partial charge on any atom is -0.506 e. The summed E-state index contributed by atoms with van der Waals surface area (Å²) in [6.45, 7) is 0.228. The van der Waals surface area contributed by atoms with Crippen LogP contribution in [-0.2, 0) is 6.54 Å². The number of methoxy groups -OCH3 is 1. The van der Waals surface area contributed by atoms with Gasteiger partial charge in [0.1, 0.15) is 17.1 Å². The Morgan fingerprint density at radius 1 is 1.07 bits per heavy atom. The van der Waals surface area contributed by atoms with Crippen LogP contribution < -0.4 is 15.6 Å². The molecule has 0 saturated carbocycles. The second kappa shape index (κ2) is 8.08. The summed E-state index contributed by atoms with van der Waals surface area (Å²) < 4.78 is 6.48. The molecule has 7 heteroatoms. The van der Waals surface area contributed by atoms with Crippen LogP contribution in [0, 0.1) is 0 Å². The van der Waals surface area contributed by atoms with Gasteiger partial charge in [-0.25, -0.2) is 4.98 Å². The van der Waals surface area contributed by atoms with Gasteiger partial charge in [-0.15, -0.1) is 0 Å². The van der Waals surface area contributed by atoms with Gasteiger partial charge in [-0.05, 0) is 42.0 Å². The van der Waals surface area contributed by atoms with Crippen molar-refractivity contribution in [1.29, 1.82) is 0 Å². The third-order valence-electron chi connectivity index (χ3n) is 4.76. The van der Waals surface area contributed by atoms with Gasteiger partial charge in [-0.1, -0.05) is 30.3 Å². The van der Waals surface area contributed by atoms with Crippen molar-refractivity contribution in [3.8, 4) is 17.2 Å². The third-order valence-corrected chi connectivity index (χ3v) is 4.76. The SMILES string of the molecule is COc1ccc(-n2c(=O)c(C(=O)NCc3ccccc3)c(O)c3cccnc32)cc1. The van der Waals surface area contributed by atoms with Crippen LogP contribution in [0.15, 0.2) is 77.7 Å². The van der Waals surface area contributed by atoms with E-state index in [1.54, 1.807) is 43.5 Å². The zero-order valence-electron chi connectivity index (χ0n) is 16.2. The van der Waals surface area contributed by atoms with Gasteiger partial charge in [0.25, 0.3) is 11.5 Å². The Labute approximate surface area is 172 Å². The summed E-state index contributed by atoms with van der Waals surface area (Å²) in [6.07, 6.45) is 1.52. The Hall–Kier alpha value is -4.13. The molecule has 0 bridgehead atoms. The summed E-state index contributed by atoms with van der Waals surface area (Å²) >= 11 is 0. The Balaban J connectivity index is 1.83. The van der Waals surface area contributed by atoms with Crippen molar-refractivity contribution < 1.29 is 14.6 Å². The molecular weight excluding hydrogens is 382 g/mol. The van der Waals surface area contributed by atoms with Gasteiger partial charge in [-0.3, -0.25) is 14.2 Å². The molecule has 0 spiro atoms. The predicted molar refractivity (Wildman–Crippen MR) is 113 cm³/mol. The zero-order chi connectivity index (χ0) is 21.1. The fourth-order valence-electron chi connectivity index (χ4n) is 3.25. The summed E-state index contributed by atoms with van der Waals surface area (Å²) in [5.74, 6) is -0.420. The van der Waals surface area contributed by atoms with Crippen molar-refractivity contribution in [1.82, 2.24) is 14.9 Å². The number of carbonyl (C=O) groups is 1. The number of pyridine rings is 2. The molecule has 0 radical (unpaired) electrons. The molecule has 0 fully saturated rings. The van der Waals surface area contributed by atoms with E-state index in [1.165, 1.54) is 10.8 Å². The maximum atomic E-state index is 13.3. The van der Waals surface area contributed by atoms with Crippen molar-refractivity contribution >= 4 is 16.9 Å². The number of rotatable bonds is 5. The van der Waals surface area contributed by atoms with Crippen molar-refractivity contribution in [2.45, 2.75) is 6.54 Å². The van der Waals surface area contributed by atoms with Crippen LogP contribution >= 0.6 is 0 Å². The van der Waals surface area contributed by atoms with Crippen molar-refractivity contribution in [3.63, 3.8) is 0 Å². The number of amides is 1. The molecule has 4 rings (SSSR count). The van der Waals surface area contributed by atoms with Crippen LogP contribution in [0.3, 0.4) is 0 Å². The van der Waals surface area contributed by atoms with Crippen LogP contribution in [-0.4, -0.2) is 27.7 Å². The van der Waals surface area contributed by atoms with E-state index in [0.717, 1.165) is 5.56 Å². The molecule has 0 unspecified atom stereocenters. The van der Waals surface area contributed by atoms with E-state index in [4.69, 9.17) is 4.74 Å². The minimum atomic E-state index is -0.658. The van der Waals surface area contributed by atoms with Crippen molar-refractivity contribution in [3.05, 3.63) is 94.4 Å². The van der Waals surface area contributed by atoms with Crippen molar-refractivity contribution in [2.75, 3.05) is 7.11 Å². The highest BCUT2D eigenvalue weighted by Crippen LogP contribution is 2.27. The largest absolute Gasteiger partial charge is 0.506 e. The van der Waals surface area contributed by atoms with Gasteiger partial charge >= 0.3 is 0 Å². The first-order chi connectivity index (χ1) is 14.6. The van der Waals surface area contributed by atoms with E-state index in [2.05, 4.69) is 10.3 Å². The molecule has 0 saturated heterocycles. The van der Waals surface area contributed by atoms with Gasteiger partial charge in [-0.2, -0.15) is 0 Å². The second-order valence-corrected chi connectivity index (χ2v) is 6.61. The maximum absolute atomic E-state index is 13.3. The number of hydrogen-bond donors (Lipinski definition) is 2. The lowest BCUT2D eigenvalue weighted by molar-refractivity contribution is 0.0946. The molecule has 1 amide bonds. The molecule has 4 aromatic rings. The van der Waals surface area contributed by atoms with Gasteiger partial charge < -0.3 is 15.2 Å². The summed E-state index contributed by atoms with van der Waals surface area (Å²) in [4.78, 5) is 30.4. The number of fused-ring (bicyclic) bond motifs is 1. The van der Waals surface area contributed by atoms with Gasteiger partial charge in [0, 0.05) is 12.7 Å². The number of nitrogens with one attached hydrogen (secondary N) is 1. The lowest BCUT2D eigenvalue weighted by atomic mass is 10.1. The first-order valence-electron chi connectivity index (χ1n) is 9.29. The van der Waals surface area contributed by atoms with E-state index >= 15 is 0 Å². The van der Waals surface area contributed by atoms with Gasteiger partial charge in [0.15, 0.2) is 5.65 Å². The van der Waals surface area contributed by atoms with E-state index in [1.807, 2.05) is 30.3 Å². The quantitative estimate of drug-likeness (QED) is 0.536. The topological polar surface area (TPSA) is 93.5 Å². The average Bonchev–Trinajstić information content (AvgIpc) is 2.79. The molecule has 0 aliphatic heterocycles. The first-order valence-corrected chi connectivity index (χ1v) is 9.29. The summed E-state index contributed by atoms with van der Waals surface area (Å²) in [6, 6.07) is 19.4. The van der Waals surface area contributed by atoms with Gasteiger partial charge in [0.05, 0.1) is 18.2 Å². The zero-order valence-corrected chi connectivity index (χ0v) is 16.2. The molecule has 30 heavy (non-hydrogen) atoms. The molecular formula is C23H19N3O4. The van der Waals surface area contributed by atoms with Crippen LogP contribution in [0.1, 0.15) is 15.9 Å². The highest BCUT2D eigenvalue weighted by Gasteiger charge is 2.23. The maximum Gasteiger partial charge on any atom is 0.273 e. The molecule has 2 aromatic carbocycles. The predicted octanol–water partition coefficient (Wildman–Crippen LogP) is 3.03. The molecule has 150 valence electrons. The van der Waals surface area contributed by atoms with Crippen molar-refractivity contribution in [2.24, 2.45) is 0 Å². The van der Waals surface area contributed by atoms with Crippen LogP contribution in [0.5, 0.6) is 11.5 Å². The molecule has 2 heterocycles. The lowest BCUT2D eigenvalue weighted by Crippen LogP contribution is -2.33. The Bertz CT molecular complexity index is 1270. The fourth-order valence-corrected chi connectivity index (χ4v) is 3.25. The molecule has 2 N–H and O–H groups in total. The molecule has 0 aliphatic carbocycles. The Morgan fingerprint density at radius 3 is 2.50 bits per heavy atom. The fraction of sp³-hybridized carbons (Fsp3) is 0.0870. The smallest absolute Gasteiger partial charge is 0.273 e. The number of nitrogens with zero attached hydrogens (tertiary/aromatic N) is 2. The summed E-state index contributed by atoms with van der Waals surface area (Å²) in [7, 11) is 1.55. The normalized spacial score (nSPS) is 10.7. The Morgan fingerprint density at radius 2 is 1.80 bits per heavy atom. The summed E-state index contributed by atoms with van der Waals surface area (Å²) in [5, 5.41) is 13.7. The molecule has 7 nitrogen and oxygen atoms in total. The number of ether oxygens (including phenoxy) is 1. The van der Waals surface area contributed by atoms with E-state index in [9.17, 15) is 14.7 Å². The third kappa shape index (κ3) is 3.48. The first kappa shape index (κ1) is 19.2. The standard InChI is InChI=1S/C23H19N3O4/c1-30-17-11-9-16(10-12-17)26-21-18(8-5-13-24-21)20(27)19(23(26)29)22(28)25-14-15-6-3-2-4-7-15/h2-13,27H,14H2,1H3,(H,25,28).